The second kappa shape index (κ2) is 4.47. The first-order valence-corrected chi connectivity index (χ1v) is 5.13. The summed E-state index contributed by atoms with van der Waals surface area (Å²) in [5.74, 6) is 0.259. The Morgan fingerprint density at radius 3 is 2.88 bits per heavy atom. The van der Waals surface area contributed by atoms with Crippen molar-refractivity contribution in [2.24, 2.45) is 0 Å². The van der Waals surface area contributed by atoms with Crippen molar-refractivity contribution < 1.29 is 9.84 Å². The first-order valence-electron chi connectivity index (χ1n) is 4.75. The van der Waals surface area contributed by atoms with Crippen LogP contribution in [-0.2, 0) is 0 Å². The van der Waals surface area contributed by atoms with Crippen LogP contribution in [0, 0.1) is 0 Å². The molecule has 0 aliphatic carbocycles. The Hall–Kier alpha value is -2.01. The Balaban J connectivity index is 2.71. The second-order valence-electron chi connectivity index (χ2n) is 3.27. The number of rotatable bonds is 2. The molecule has 0 saturated carbocycles. The van der Waals surface area contributed by atoms with Crippen LogP contribution in [0.25, 0.3) is 11.4 Å². The van der Waals surface area contributed by atoms with E-state index in [-0.39, 0.29) is 11.7 Å². The molecule has 0 radical (unpaired) electrons. The number of benzene rings is 1. The van der Waals surface area contributed by atoms with E-state index in [1.807, 2.05) is 0 Å². The summed E-state index contributed by atoms with van der Waals surface area (Å²) in [5.41, 5.74) is -0.0286. The lowest BCUT2D eigenvalue weighted by Gasteiger charge is -2.09. The van der Waals surface area contributed by atoms with E-state index in [2.05, 4.69) is 9.97 Å². The first-order chi connectivity index (χ1) is 8.11. The van der Waals surface area contributed by atoms with Crippen LogP contribution in [0.15, 0.2) is 29.1 Å². The minimum absolute atomic E-state index is 0.164. The SMILES string of the molecule is COc1cccc(Cl)c1-c1nc(O)cc(=O)[nH]1. The molecule has 17 heavy (non-hydrogen) atoms. The van der Waals surface area contributed by atoms with Crippen LogP contribution in [0.2, 0.25) is 5.02 Å². The molecule has 0 spiro atoms. The average Bonchev–Trinajstić information content (AvgIpc) is 2.27. The zero-order valence-corrected chi connectivity index (χ0v) is 9.65. The van der Waals surface area contributed by atoms with E-state index < -0.39 is 5.56 Å². The van der Waals surface area contributed by atoms with Gasteiger partial charge in [0.2, 0.25) is 5.88 Å². The minimum atomic E-state index is -0.463. The van der Waals surface area contributed by atoms with E-state index in [0.29, 0.717) is 16.3 Å². The summed E-state index contributed by atoms with van der Waals surface area (Å²) in [4.78, 5) is 17.6. The van der Waals surface area contributed by atoms with E-state index in [0.717, 1.165) is 6.07 Å². The minimum Gasteiger partial charge on any atom is -0.496 e. The van der Waals surface area contributed by atoms with Crippen LogP contribution in [0.4, 0.5) is 0 Å². The first kappa shape index (κ1) is 11.5. The third-order valence-corrected chi connectivity index (χ3v) is 2.48. The number of nitrogens with zero attached hydrogens (tertiary/aromatic N) is 1. The Morgan fingerprint density at radius 2 is 2.24 bits per heavy atom. The maximum absolute atomic E-state index is 11.3. The van der Waals surface area contributed by atoms with Crippen LogP contribution < -0.4 is 10.3 Å². The normalized spacial score (nSPS) is 10.2. The molecule has 5 nitrogen and oxygen atoms in total. The predicted octanol–water partition coefficient (Wildman–Crippen LogP) is 1.80. The largest absolute Gasteiger partial charge is 0.496 e. The van der Waals surface area contributed by atoms with Crippen molar-refractivity contribution in [2.75, 3.05) is 7.11 Å². The number of aromatic nitrogens is 2. The van der Waals surface area contributed by atoms with Gasteiger partial charge in [-0.3, -0.25) is 4.79 Å². The molecule has 6 heteroatoms. The molecule has 0 amide bonds. The van der Waals surface area contributed by atoms with Crippen molar-refractivity contribution in [1.82, 2.24) is 9.97 Å². The van der Waals surface area contributed by atoms with Gasteiger partial charge in [0.1, 0.15) is 11.6 Å². The van der Waals surface area contributed by atoms with Crippen LogP contribution in [0.3, 0.4) is 0 Å². The molecule has 0 fully saturated rings. The lowest BCUT2D eigenvalue weighted by molar-refractivity contribution is 0.415. The van der Waals surface area contributed by atoms with E-state index in [1.54, 1.807) is 18.2 Å². The summed E-state index contributed by atoms with van der Waals surface area (Å²) >= 11 is 6.02. The summed E-state index contributed by atoms with van der Waals surface area (Å²) < 4.78 is 5.13. The van der Waals surface area contributed by atoms with Gasteiger partial charge in [0.25, 0.3) is 5.56 Å². The van der Waals surface area contributed by atoms with Gasteiger partial charge in [-0.15, -0.1) is 0 Å². The number of hydrogen-bond acceptors (Lipinski definition) is 4. The molecule has 1 heterocycles. The molecule has 0 unspecified atom stereocenters. The number of hydrogen-bond donors (Lipinski definition) is 2. The smallest absolute Gasteiger partial charge is 0.254 e. The number of nitrogens with one attached hydrogen (secondary N) is 1. The fourth-order valence-electron chi connectivity index (χ4n) is 1.47. The topological polar surface area (TPSA) is 75.2 Å². The van der Waals surface area contributed by atoms with Gasteiger partial charge >= 0.3 is 0 Å². The number of aromatic hydroxyl groups is 1. The molecule has 88 valence electrons. The highest BCUT2D eigenvalue weighted by Gasteiger charge is 2.13. The van der Waals surface area contributed by atoms with E-state index in [1.165, 1.54) is 7.11 Å². The summed E-state index contributed by atoms with van der Waals surface area (Å²) in [6.07, 6.45) is 0. The standard InChI is InChI=1S/C11H9ClN2O3/c1-17-7-4-2-3-6(12)10(7)11-13-8(15)5-9(16)14-11/h2-5H,1H3,(H2,13,14,15,16). The quantitative estimate of drug-likeness (QED) is 0.855. The van der Waals surface area contributed by atoms with Gasteiger partial charge in [0.05, 0.1) is 23.8 Å². The molecule has 0 atom stereocenters. The van der Waals surface area contributed by atoms with Crippen LogP contribution >= 0.6 is 11.6 Å². The Labute approximate surface area is 102 Å². The fraction of sp³-hybridized carbons (Fsp3) is 0.0909. The maximum atomic E-state index is 11.3. The summed E-state index contributed by atoms with van der Waals surface area (Å²) in [6.45, 7) is 0. The van der Waals surface area contributed by atoms with Gasteiger partial charge in [-0.05, 0) is 12.1 Å². The van der Waals surface area contributed by atoms with Crippen molar-refractivity contribution in [3.63, 3.8) is 0 Å². The lowest BCUT2D eigenvalue weighted by Crippen LogP contribution is -2.07. The van der Waals surface area contributed by atoms with E-state index in [4.69, 9.17) is 16.3 Å². The van der Waals surface area contributed by atoms with E-state index in [9.17, 15) is 9.90 Å². The van der Waals surface area contributed by atoms with Crippen LogP contribution in [-0.4, -0.2) is 22.2 Å². The summed E-state index contributed by atoms with van der Waals surface area (Å²) in [5, 5.41) is 9.67. The predicted molar refractivity (Wildman–Crippen MR) is 63.5 cm³/mol. The third-order valence-electron chi connectivity index (χ3n) is 2.16. The molecule has 2 rings (SSSR count). The highest BCUT2D eigenvalue weighted by Crippen LogP contribution is 2.34. The van der Waals surface area contributed by atoms with Crippen LogP contribution in [0.1, 0.15) is 0 Å². The highest BCUT2D eigenvalue weighted by molar-refractivity contribution is 6.33. The highest BCUT2D eigenvalue weighted by atomic mass is 35.5. The van der Waals surface area contributed by atoms with Gasteiger partial charge in [0.15, 0.2) is 0 Å². The molecule has 2 N–H and O–H groups in total. The molecular formula is C11H9ClN2O3. The second-order valence-corrected chi connectivity index (χ2v) is 3.68. The Bertz CT molecular complexity index is 610. The van der Waals surface area contributed by atoms with Crippen molar-refractivity contribution in [3.8, 4) is 23.0 Å². The summed E-state index contributed by atoms with van der Waals surface area (Å²) in [7, 11) is 1.48. The zero-order chi connectivity index (χ0) is 12.4. The lowest BCUT2D eigenvalue weighted by atomic mass is 10.2. The van der Waals surface area contributed by atoms with Gasteiger partial charge in [-0.2, -0.15) is 4.98 Å². The monoisotopic (exact) mass is 252 g/mol. The van der Waals surface area contributed by atoms with Gasteiger partial charge < -0.3 is 14.8 Å². The third kappa shape index (κ3) is 2.24. The number of aromatic amines is 1. The molecule has 1 aromatic heterocycles. The van der Waals surface area contributed by atoms with Gasteiger partial charge in [-0.1, -0.05) is 17.7 Å². The number of methoxy groups -OCH3 is 1. The molecular weight excluding hydrogens is 244 g/mol. The van der Waals surface area contributed by atoms with Crippen molar-refractivity contribution in [1.29, 1.82) is 0 Å². The average molecular weight is 253 g/mol. The number of H-pyrrole nitrogens is 1. The van der Waals surface area contributed by atoms with E-state index >= 15 is 0 Å². The Morgan fingerprint density at radius 1 is 1.47 bits per heavy atom. The molecule has 0 aliphatic rings. The molecule has 0 bridgehead atoms. The number of ether oxygens (including phenoxy) is 1. The Kier molecular flexibility index (Phi) is 3.01. The molecule has 0 saturated heterocycles. The van der Waals surface area contributed by atoms with Crippen molar-refractivity contribution in [3.05, 3.63) is 39.6 Å². The molecule has 1 aromatic carbocycles. The summed E-state index contributed by atoms with van der Waals surface area (Å²) in [6, 6.07) is 6.02. The molecule has 0 aliphatic heterocycles. The van der Waals surface area contributed by atoms with Crippen molar-refractivity contribution in [2.45, 2.75) is 0 Å². The van der Waals surface area contributed by atoms with Gasteiger partial charge in [0, 0.05) is 0 Å². The number of halogens is 1. The van der Waals surface area contributed by atoms with Crippen molar-refractivity contribution >= 4 is 11.6 Å². The zero-order valence-electron chi connectivity index (χ0n) is 8.90. The fourth-order valence-corrected chi connectivity index (χ4v) is 1.72. The van der Waals surface area contributed by atoms with Crippen LogP contribution in [0.5, 0.6) is 11.6 Å². The van der Waals surface area contributed by atoms with Gasteiger partial charge in [-0.25, -0.2) is 0 Å². The maximum Gasteiger partial charge on any atom is 0.254 e. The molecule has 2 aromatic rings.